The van der Waals surface area contributed by atoms with Gasteiger partial charge in [0.25, 0.3) is 0 Å². The molecule has 21 heavy (non-hydrogen) atoms. The first kappa shape index (κ1) is 14.0. The van der Waals surface area contributed by atoms with Crippen LogP contribution >= 0.6 is 11.3 Å². The van der Waals surface area contributed by atoms with E-state index in [0.29, 0.717) is 6.54 Å². The smallest absolute Gasteiger partial charge is 0.123 e. The molecular weight excluding hydrogens is 285 g/mol. The quantitative estimate of drug-likeness (QED) is 0.803. The van der Waals surface area contributed by atoms with E-state index in [-0.39, 0.29) is 11.7 Å². The van der Waals surface area contributed by atoms with Crippen LogP contribution in [0.25, 0.3) is 11.3 Å². The third-order valence-electron chi connectivity index (χ3n) is 3.54. The lowest BCUT2D eigenvalue weighted by molar-refractivity contribution is 0.628. The fourth-order valence-electron chi connectivity index (χ4n) is 2.44. The molecule has 0 saturated heterocycles. The van der Waals surface area contributed by atoms with Crippen LogP contribution in [0.3, 0.4) is 0 Å². The third-order valence-corrected chi connectivity index (χ3v) is 4.52. The van der Waals surface area contributed by atoms with Crippen LogP contribution in [0.1, 0.15) is 16.5 Å². The molecule has 0 amide bonds. The van der Waals surface area contributed by atoms with E-state index in [1.165, 1.54) is 17.0 Å². The molecule has 0 fully saturated rings. The summed E-state index contributed by atoms with van der Waals surface area (Å²) in [6.45, 7) is 0.531. The number of nitrogens with zero attached hydrogens (tertiary/aromatic N) is 2. The Labute approximate surface area is 126 Å². The second-order valence-corrected chi connectivity index (χ2v) is 5.87. The van der Waals surface area contributed by atoms with Gasteiger partial charge in [-0.05, 0) is 41.8 Å². The summed E-state index contributed by atoms with van der Waals surface area (Å²) in [5.41, 5.74) is 8.76. The molecule has 1 unspecified atom stereocenters. The van der Waals surface area contributed by atoms with Crippen molar-refractivity contribution < 1.29 is 4.39 Å². The molecule has 0 bridgehead atoms. The normalized spacial score (nSPS) is 12.5. The van der Waals surface area contributed by atoms with Gasteiger partial charge in [-0.2, -0.15) is 5.10 Å². The van der Waals surface area contributed by atoms with Gasteiger partial charge in [-0.25, -0.2) is 4.39 Å². The van der Waals surface area contributed by atoms with E-state index in [0.717, 1.165) is 17.0 Å². The number of hydrogen-bond donors (Lipinski definition) is 1. The van der Waals surface area contributed by atoms with Crippen LogP contribution in [0, 0.1) is 5.82 Å². The number of nitrogens with two attached hydrogens (primary N) is 1. The van der Waals surface area contributed by atoms with Gasteiger partial charge in [0.1, 0.15) is 5.82 Å². The van der Waals surface area contributed by atoms with Crippen LogP contribution in [0.4, 0.5) is 4.39 Å². The molecule has 0 aliphatic carbocycles. The summed E-state index contributed by atoms with van der Waals surface area (Å²) in [4.78, 5) is 1.23. The summed E-state index contributed by atoms with van der Waals surface area (Å²) < 4.78 is 14.9. The zero-order chi connectivity index (χ0) is 14.8. The first-order valence-corrected chi connectivity index (χ1v) is 7.60. The predicted molar refractivity (Wildman–Crippen MR) is 83.8 cm³/mol. The predicted octanol–water partition coefficient (Wildman–Crippen LogP) is 3.38. The Balaban J connectivity index is 1.99. The van der Waals surface area contributed by atoms with Gasteiger partial charge in [0, 0.05) is 35.6 Å². The summed E-state index contributed by atoms with van der Waals surface area (Å²) in [6.07, 6.45) is 0. The second kappa shape index (κ2) is 5.79. The molecule has 0 radical (unpaired) electrons. The van der Waals surface area contributed by atoms with Gasteiger partial charge in [0.15, 0.2) is 0 Å². The third kappa shape index (κ3) is 2.75. The highest BCUT2D eigenvalue weighted by molar-refractivity contribution is 7.10. The van der Waals surface area contributed by atoms with Crippen molar-refractivity contribution in [2.24, 2.45) is 12.8 Å². The molecule has 0 aliphatic rings. The summed E-state index contributed by atoms with van der Waals surface area (Å²) in [6, 6.07) is 12.5. The van der Waals surface area contributed by atoms with E-state index in [4.69, 9.17) is 5.73 Å². The average Bonchev–Trinajstić information content (AvgIpc) is 3.12. The zero-order valence-corrected chi connectivity index (χ0v) is 12.5. The molecular formula is C16H16FN3S. The minimum atomic E-state index is -0.242. The van der Waals surface area contributed by atoms with Gasteiger partial charge in [-0.15, -0.1) is 11.3 Å². The van der Waals surface area contributed by atoms with E-state index in [9.17, 15) is 4.39 Å². The molecule has 0 saturated carbocycles. The van der Waals surface area contributed by atoms with Gasteiger partial charge in [-0.3, -0.25) is 4.68 Å². The Morgan fingerprint density at radius 3 is 2.67 bits per heavy atom. The topological polar surface area (TPSA) is 43.8 Å². The standard InChI is InChI=1S/C16H16FN3S/c1-20-15(13(10-18)16-3-2-8-21-16)9-14(19-20)11-4-6-12(17)7-5-11/h2-9,13H,10,18H2,1H3. The van der Waals surface area contributed by atoms with Crippen LogP contribution in [0.5, 0.6) is 0 Å². The molecule has 2 N–H and O–H groups in total. The van der Waals surface area contributed by atoms with E-state index in [1.54, 1.807) is 23.5 Å². The summed E-state index contributed by atoms with van der Waals surface area (Å²) in [5.74, 6) is -0.106. The Kier molecular flexibility index (Phi) is 3.86. The molecule has 3 rings (SSSR count). The molecule has 0 spiro atoms. The van der Waals surface area contributed by atoms with Crippen molar-refractivity contribution in [2.75, 3.05) is 6.54 Å². The summed E-state index contributed by atoms with van der Waals surface area (Å²) in [7, 11) is 1.92. The lowest BCUT2D eigenvalue weighted by Gasteiger charge is -2.12. The molecule has 3 nitrogen and oxygen atoms in total. The fourth-order valence-corrected chi connectivity index (χ4v) is 3.29. The second-order valence-electron chi connectivity index (χ2n) is 4.89. The molecule has 0 aliphatic heterocycles. The molecule has 1 atom stereocenters. The molecule has 3 aromatic rings. The molecule has 108 valence electrons. The first-order valence-electron chi connectivity index (χ1n) is 6.72. The Bertz CT molecular complexity index is 717. The van der Waals surface area contributed by atoms with Crippen LogP contribution in [0.2, 0.25) is 0 Å². The highest BCUT2D eigenvalue weighted by atomic mass is 32.1. The van der Waals surface area contributed by atoms with E-state index >= 15 is 0 Å². The zero-order valence-electron chi connectivity index (χ0n) is 11.7. The maximum atomic E-state index is 13.0. The Morgan fingerprint density at radius 2 is 2.05 bits per heavy atom. The summed E-state index contributed by atoms with van der Waals surface area (Å²) in [5, 5.41) is 6.58. The van der Waals surface area contributed by atoms with Crippen molar-refractivity contribution in [3.8, 4) is 11.3 Å². The van der Waals surface area contributed by atoms with E-state index in [1.807, 2.05) is 23.9 Å². The molecule has 2 aromatic heterocycles. The minimum absolute atomic E-state index is 0.136. The van der Waals surface area contributed by atoms with Crippen molar-refractivity contribution in [1.82, 2.24) is 9.78 Å². The van der Waals surface area contributed by atoms with Gasteiger partial charge < -0.3 is 5.73 Å². The molecule has 5 heteroatoms. The first-order chi connectivity index (χ1) is 10.2. The van der Waals surface area contributed by atoms with Gasteiger partial charge in [0.2, 0.25) is 0 Å². The van der Waals surface area contributed by atoms with Crippen molar-refractivity contribution in [3.63, 3.8) is 0 Å². The summed E-state index contributed by atoms with van der Waals surface area (Å²) >= 11 is 1.70. The maximum Gasteiger partial charge on any atom is 0.123 e. The van der Waals surface area contributed by atoms with E-state index in [2.05, 4.69) is 16.5 Å². The molecule has 1 aromatic carbocycles. The molecule has 2 heterocycles. The number of benzene rings is 1. The highest BCUT2D eigenvalue weighted by Crippen LogP contribution is 2.30. The maximum absolute atomic E-state index is 13.0. The van der Waals surface area contributed by atoms with Gasteiger partial charge in [0.05, 0.1) is 5.69 Å². The number of hydrogen-bond acceptors (Lipinski definition) is 3. The van der Waals surface area contributed by atoms with Crippen LogP contribution in [0.15, 0.2) is 47.8 Å². The van der Waals surface area contributed by atoms with Crippen molar-refractivity contribution in [1.29, 1.82) is 0 Å². The van der Waals surface area contributed by atoms with Crippen LogP contribution in [-0.4, -0.2) is 16.3 Å². The minimum Gasteiger partial charge on any atom is -0.329 e. The number of rotatable bonds is 4. The SMILES string of the molecule is Cn1nc(-c2ccc(F)cc2)cc1C(CN)c1cccs1. The monoisotopic (exact) mass is 301 g/mol. The van der Waals surface area contributed by atoms with Crippen molar-refractivity contribution in [3.05, 3.63) is 64.2 Å². The average molecular weight is 301 g/mol. The van der Waals surface area contributed by atoms with Crippen molar-refractivity contribution >= 4 is 11.3 Å². The number of aromatic nitrogens is 2. The Morgan fingerprint density at radius 1 is 1.29 bits per heavy atom. The number of thiophene rings is 1. The fraction of sp³-hybridized carbons (Fsp3) is 0.188. The van der Waals surface area contributed by atoms with Gasteiger partial charge in [-0.1, -0.05) is 6.07 Å². The number of halogens is 1. The lowest BCUT2D eigenvalue weighted by atomic mass is 10.0. The largest absolute Gasteiger partial charge is 0.329 e. The lowest BCUT2D eigenvalue weighted by Crippen LogP contribution is -2.15. The highest BCUT2D eigenvalue weighted by Gasteiger charge is 2.19. The Hall–Kier alpha value is -1.98. The number of aryl methyl sites for hydroxylation is 1. The van der Waals surface area contributed by atoms with E-state index < -0.39 is 0 Å². The van der Waals surface area contributed by atoms with Gasteiger partial charge >= 0.3 is 0 Å². The van der Waals surface area contributed by atoms with Crippen LogP contribution < -0.4 is 5.73 Å². The van der Waals surface area contributed by atoms with Crippen LogP contribution in [-0.2, 0) is 7.05 Å². The van der Waals surface area contributed by atoms with Crippen molar-refractivity contribution in [2.45, 2.75) is 5.92 Å².